The monoisotopic (exact) mass is 366 g/mol. The molecule has 0 spiro atoms. The molecule has 0 atom stereocenters. The van der Waals surface area contributed by atoms with Gasteiger partial charge in [-0.25, -0.2) is 4.79 Å². The van der Waals surface area contributed by atoms with Crippen LogP contribution in [-0.2, 0) is 13.0 Å². The van der Waals surface area contributed by atoms with Crippen molar-refractivity contribution in [3.05, 3.63) is 91.6 Å². The number of hydrogen-bond acceptors (Lipinski definition) is 3. The molecular formula is C21H22N2O2S. The molecule has 0 fully saturated rings. The van der Waals surface area contributed by atoms with E-state index < -0.39 is 0 Å². The molecule has 3 rings (SSSR count). The van der Waals surface area contributed by atoms with Crippen LogP contribution in [0.15, 0.2) is 68.0 Å². The average molecular weight is 366 g/mol. The summed E-state index contributed by atoms with van der Waals surface area (Å²) in [6.45, 7) is 6.29. The Morgan fingerprint density at radius 1 is 1.00 bits per heavy atom. The number of nitrogens with one attached hydrogen (secondary N) is 1. The van der Waals surface area contributed by atoms with Gasteiger partial charge < -0.3 is 4.98 Å². The van der Waals surface area contributed by atoms with Crippen molar-refractivity contribution in [2.45, 2.75) is 43.7 Å². The molecule has 0 saturated carbocycles. The molecule has 1 heterocycles. The minimum Gasteiger partial charge on any atom is -0.301 e. The quantitative estimate of drug-likeness (QED) is 0.697. The third-order valence-corrected chi connectivity index (χ3v) is 5.22. The highest BCUT2D eigenvalue weighted by molar-refractivity contribution is 7.99. The zero-order valence-corrected chi connectivity index (χ0v) is 16.0. The standard InChI is InChI=1S/C21H22N2O2S/c1-4-18-19(26-17-11-14(2)10-15(3)12-17)22-21(25)23(20(18)24)13-16-8-6-5-7-9-16/h5-12H,4,13H2,1-3H3,(H,22,25). The third kappa shape index (κ3) is 3.99. The first kappa shape index (κ1) is 18.3. The van der Waals surface area contributed by atoms with E-state index in [0.717, 1.165) is 21.6 Å². The van der Waals surface area contributed by atoms with Gasteiger partial charge in [0.25, 0.3) is 5.56 Å². The first-order chi connectivity index (χ1) is 12.5. The summed E-state index contributed by atoms with van der Waals surface area (Å²) in [5, 5.41) is 0.636. The molecule has 1 N–H and O–H groups in total. The minimum atomic E-state index is -0.372. The van der Waals surface area contributed by atoms with Crippen LogP contribution < -0.4 is 11.2 Å². The molecule has 0 unspecified atom stereocenters. The van der Waals surface area contributed by atoms with Gasteiger partial charge in [0.1, 0.15) is 0 Å². The first-order valence-electron chi connectivity index (χ1n) is 8.64. The number of aryl methyl sites for hydroxylation is 2. The van der Waals surface area contributed by atoms with E-state index in [4.69, 9.17) is 0 Å². The van der Waals surface area contributed by atoms with Gasteiger partial charge in [-0.2, -0.15) is 0 Å². The minimum absolute atomic E-state index is 0.216. The van der Waals surface area contributed by atoms with Crippen molar-refractivity contribution >= 4 is 11.8 Å². The van der Waals surface area contributed by atoms with Crippen LogP contribution in [0.3, 0.4) is 0 Å². The van der Waals surface area contributed by atoms with Crippen molar-refractivity contribution < 1.29 is 0 Å². The number of nitrogens with zero attached hydrogens (tertiary/aromatic N) is 1. The number of rotatable bonds is 5. The predicted molar refractivity (Wildman–Crippen MR) is 106 cm³/mol. The Kier molecular flexibility index (Phi) is 5.47. The van der Waals surface area contributed by atoms with Gasteiger partial charge in [-0.1, -0.05) is 55.1 Å². The van der Waals surface area contributed by atoms with Gasteiger partial charge in [0.2, 0.25) is 0 Å². The van der Waals surface area contributed by atoms with Crippen molar-refractivity contribution in [3.63, 3.8) is 0 Å². The first-order valence-corrected chi connectivity index (χ1v) is 9.45. The smallest absolute Gasteiger partial charge is 0.301 e. The van der Waals surface area contributed by atoms with Gasteiger partial charge in [0, 0.05) is 10.5 Å². The normalized spacial score (nSPS) is 10.9. The lowest BCUT2D eigenvalue weighted by molar-refractivity contribution is 0.664. The van der Waals surface area contributed by atoms with E-state index in [2.05, 4.69) is 23.2 Å². The molecule has 0 radical (unpaired) electrons. The number of hydrogen-bond donors (Lipinski definition) is 1. The van der Waals surface area contributed by atoms with Crippen molar-refractivity contribution in [1.29, 1.82) is 0 Å². The predicted octanol–water partition coefficient (Wildman–Crippen LogP) is 3.92. The summed E-state index contributed by atoms with van der Waals surface area (Å²) in [4.78, 5) is 29.4. The second kappa shape index (κ2) is 7.79. The fourth-order valence-corrected chi connectivity index (χ4v) is 4.23. The number of benzene rings is 2. The Morgan fingerprint density at radius 3 is 2.27 bits per heavy atom. The fourth-order valence-electron chi connectivity index (χ4n) is 3.01. The molecule has 0 aliphatic carbocycles. The van der Waals surface area contributed by atoms with E-state index >= 15 is 0 Å². The largest absolute Gasteiger partial charge is 0.329 e. The molecule has 3 aromatic rings. The highest BCUT2D eigenvalue weighted by atomic mass is 32.2. The summed E-state index contributed by atoms with van der Waals surface area (Å²) in [5.74, 6) is 0. The Balaban J connectivity index is 2.02. The Morgan fingerprint density at radius 2 is 1.65 bits per heavy atom. The number of aromatic amines is 1. The lowest BCUT2D eigenvalue weighted by atomic mass is 10.2. The molecule has 0 bridgehead atoms. The maximum absolute atomic E-state index is 12.9. The van der Waals surface area contributed by atoms with Crippen molar-refractivity contribution in [1.82, 2.24) is 9.55 Å². The summed E-state index contributed by atoms with van der Waals surface area (Å²) < 4.78 is 1.28. The molecule has 26 heavy (non-hydrogen) atoms. The van der Waals surface area contributed by atoms with Crippen molar-refractivity contribution in [2.75, 3.05) is 0 Å². The summed E-state index contributed by atoms with van der Waals surface area (Å²) >= 11 is 1.44. The van der Waals surface area contributed by atoms with Crippen molar-refractivity contribution in [3.8, 4) is 0 Å². The summed E-state index contributed by atoms with van der Waals surface area (Å²) in [6.07, 6.45) is 0.567. The van der Waals surface area contributed by atoms with E-state index in [9.17, 15) is 9.59 Å². The maximum Gasteiger partial charge on any atom is 0.329 e. The molecule has 1 aromatic heterocycles. The molecule has 0 amide bonds. The van der Waals surface area contributed by atoms with E-state index in [0.29, 0.717) is 17.0 Å². The van der Waals surface area contributed by atoms with Crippen LogP contribution in [0.1, 0.15) is 29.2 Å². The molecule has 5 heteroatoms. The second-order valence-corrected chi connectivity index (χ2v) is 7.48. The highest BCUT2D eigenvalue weighted by Gasteiger charge is 2.14. The van der Waals surface area contributed by atoms with Gasteiger partial charge >= 0.3 is 5.69 Å². The van der Waals surface area contributed by atoms with Crippen LogP contribution in [0.4, 0.5) is 0 Å². The van der Waals surface area contributed by atoms with Gasteiger partial charge in [-0.05, 0) is 49.1 Å². The summed E-state index contributed by atoms with van der Waals surface area (Å²) in [5.41, 5.74) is 3.30. The number of aromatic nitrogens is 2. The Bertz CT molecular complexity index is 1020. The highest BCUT2D eigenvalue weighted by Crippen LogP contribution is 2.28. The molecule has 134 valence electrons. The van der Waals surface area contributed by atoms with E-state index in [1.165, 1.54) is 16.3 Å². The van der Waals surface area contributed by atoms with E-state index in [1.54, 1.807) is 0 Å². The lowest BCUT2D eigenvalue weighted by Crippen LogP contribution is -2.38. The topological polar surface area (TPSA) is 54.9 Å². The van der Waals surface area contributed by atoms with Crippen molar-refractivity contribution in [2.24, 2.45) is 0 Å². The zero-order valence-electron chi connectivity index (χ0n) is 15.2. The van der Waals surface area contributed by atoms with Gasteiger partial charge in [-0.15, -0.1) is 0 Å². The van der Waals surface area contributed by atoms with Crippen LogP contribution in [0.5, 0.6) is 0 Å². The maximum atomic E-state index is 12.9. The van der Waals surface area contributed by atoms with E-state index in [1.807, 2.05) is 51.1 Å². The van der Waals surface area contributed by atoms with Crippen LogP contribution in [0, 0.1) is 13.8 Å². The molecule has 0 aliphatic heterocycles. The van der Waals surface area contributed by atoms with Gasteiger partial charge in [0.15, 0.2) is 0 Å². The van der Waals surface area contributed by atoms with Crippen LogP contribution >= 0.6 is 11.8 Å². The van der Waals surface area contributed by atoms with E-state index in [-0.39, 0.29) is 17.8 Å². The van der Waals surface area contributed by atoms with Crippen LogP contribution in [0.25, 0.3) is 0 Å². The fraction of sp³-hybridized carbons (Fsp3) is 0.238. The lowest BCUT2D eigenvalue weighted by Gasteiger charge is -2.12. The van der Waals surface area contributed by atoms with Crippen LogP contribution in [0.2, 0.25) is 0 Å². The Hall–Kier alpha value is -2.53. The SMILES string of the molecule is CCc1c(Sc2cc(C)cc(C)c2)[nH]c(=O)n(Cc2ccccc2)c1=O. The average Bonchev–Trinajstić information content (AvgIpc) is 2.59. The third-order valence-electron chi connectivity index (χ3n) is 4.20. The molecule has 0 aliphatic rings. The summed E-state index contributed by atoms with van der Waals surface area (Å²) in [6, 6.07) is 15.8. The zero-order chi connectivity index (χ0) is 18.7. The second-order valence-electron chi connectivity index (χ2n) is 6.39. The number of H-pyrrole nitrogens is 1. The van der Waals surface area contributed by atoms with Gasteiger partial charge in [0.05, 0.1) is 11.6 Å². The Labute approximate surface area is 156 Å². The summed E-state index contributed by atoms with van der Waals surface area (Å²) in [7, 11) is 0. The van der Waals surface area contributed by atoms with Gasteiger partial charge in [-0.3, -0.25) is 9.36 Å². The van der Waals surface area contributed by atoms with Crippen LogP contribution in [-0.4, -0.2) is 9.55 Å². The molecule has 2 aromatic carbocycles. The molecular weight excluding hydrogens is 344 g/mol. The molecule has 0 saturated heterocycles. The molecule has 4 nitrogen and oxygen atoms in total.